The summed E-state index contributed by atoms with van der Waals surface area (Å²) in [5.41, 5.74) is 3.00. The molecule has 0 unspecified atom stereocenters. The van der Waals surface area contributed by atoms with Crippen LogP contribution in [-0.2, 0) is 16.1 Å². The summed E-state index contributed by atoms with van der Waals surface area (Å²) in [6.45, 7) is 0.558. The Balaban J connectivity index is 1.29. The Kier molecular flexibility index (Phi) is 6.07. The van der Waals surface area contributed by atoms with E-state index in [2.05, 4.69) is 5.10 Å². The lowest BCUT2D eigenvalue weighted by atomic mass is 10.0. The van der Waals surface area contributed by atoms with E-state index >= 15 is 0 Å². The number of benzene rings is 3. The summed E-state index contributed by atoms with van der Waals surface area (Å²) in [5.74, 6) is -0.229. The fraction of sp³-hybridized carbons (Fsp3) is 0.148. The van der Waals surface area contributed by atoms with Gasteiger partial charge in [0.1, 0.15) is 12.4 Å². The van der Waals surface area contributed by atoms with E-state index in [0.717, 1.165) is 11.1 Å². The lowest BCUT2D eigenvalue weighted by Gasteiger charge is -2.37. The van der Waals surface area contributed by atoms with Gasteiger partial charge in [-0.05, 0) is 41.5 Å². The van der Waals surface area contributed by atoms with Crippen molar-refractivity contribution in [1.82, 2.24) is 9.78 Å². The molecule has 5 rings (SSSR count). The first-order valence-electron chi connectivity index (χ1n) is 11.0. The van der Waals surface area contributed by atoms with Crippen LogP contribution >= 0.6 is 0 Å². The number of ether oxygens (including phenoxy) is 2. The highest BCUT2D eigenvalue weighted by Crippen LogP contribution is 2.39. The average molecular weight is 453 g/mol. The lowest BCUT2D eigenvalue weighted by Crippen LogP contribution is -2.43. The molecule has 0 N–H and O–H groups in total. The third kappa shape index (κ3) is 4.54. The van der Waals surface area contributed by atoms with Crippen LogP contribution in [0.25, 0.3) is 0 Å². The van der Waals surface area contributed by atoms with E-state index in [-0.39, 0.29) is 18.6 Å². The van der Waals surface area contributed by atoms with Crippen LogP contribution < -0.4 is 9.64 Å². The average Bonchev–Trinajstić information content (AvgIpc) is 3.40. The lowest BCUT2D eigenvalue weighted by molar-refractivity contribution is -0.122. The molecule has 0 spiro atoms. The summed E-state index contributed by atoms with van der Waals surface area (Å²) in [5, 5.41) is 4.18. The molecule has 1 aliphatic heterocycles. The summed E-state index contributed by atoms with van der Waals surface area (Å²) in [6.07, 6.45) is 3.60. The zero-order valence-corrected chi connectivity index (χ0v) is 18.4. The molecule has 7 nitrogen and oxygen atoms in total. The Labute approximate surface area is 197 Å². The van der Waals surface area contributed by atoms with Crippen molar-refractivity contribution in [2.45, 2.75) is 12.6 Å². The first-order valence-corrected chi connectivity index (χ1v) is 11.0. The number of esters is 1. The van der Waals surface area contributed by atoms with Crippen molar-refractivity contribution >= 4 is 17.6 Å². The highest BCUT2D eigenvalue weighted by molar-refractivity contribution is 5.99. The molecule has 1 aromatic heterocycles. The molecule has 34 heavy (non-hydrogen) atoms. The molecule has 3 aromatic carbocycles. The van der Waals surface area contributed by atoms with Crippen LogP contribution in [0.5, 0.6) is 5.75 Å². The molecule has 4 aromatic rings. The maximum Gasteiger partial charge on any atom is 0.338 e. The molecule has 0 saturated carbocycles. The van der Waals surface area contributed by atoms with Gasteiger partial charge in [0.25, 0.3) is 5.91 Å². The Bertz CT molecular complexity index is 1270. The van der Waals surface area contributed by atoms with Crippen molar-refractivity contribution in [1.29, 1.82) is 0 Å². The van der Waals surface area contributed by atoms with Gasteiger partial charge < -0.3 is 9.47 Å². The van der Waals surface area contributed by atoms with Crippen molar-refractivity contribution in [3.8, 4) is 5.75 Å². The van der Waals surface area contributed by atoms with Gasteiger partial charge in [0, 0.05) is 12.4 Å². The molecule has 1 atom stereocenters. The zero-order valence-electron chi connectivity index (χ0n) is 18.4. The van der Waals surface area contributed by atoms with Gasteiger partial charge in [-0.15, -0.1) is 0 Å². The van der Waals surface area contributed by atoms with Crippen LogP contribution in [0, 0.1) is 0 Å². The molecule has 0 aliphatic carbocycles. The van der Waals surface area contributed by atoms with Crippen LogP contribution in [0.1, 0.15) is 27.5 Å². The molecule has 0 radical (unpaired) electrons. The highest BCUT2D eigenvalue weighted by Gasteiger charge is 2.33. The normalized spacial score (nSPS) is 14.7. The third-order valence-corrected chi connectivity index (χ3v) is 5.71. The van der Waals surface area contributed by atoms with E-state index in [4.69, 9.17) is 9.47 Å². The van der Waals surface area contributed by atoms with Gasteiger partial charge in [-0.25, -0.2) is 4.79 Å². The fourth-order valence-corrected chi connectivity index (χ4v) is 4.03. The van der Waals surface area contributed by atoms with Gasteiger partial charge in [-0.2, -0.15) is 5.10 Å². The van der Waals surface area contributed by atoms with Crippen molar-refractivity contribution < 1.29 is 19.1 Å². The number of nitrogens with zero attached hydrogens (tertiary/aromatic N) is 3. The van der Waals surface area contributed by atoms with E-state index in [1.807, 2.05) is 79.0 Å². The minimum Gasteiger partial charge on any atom is -0.489 e. The second-order valence-corrected chi connectivity index (χ2v) is 7.95. The predicted octanol–water partition coefficient (Wildman–Crippen LogP) is 4.26. The zero-order chi connectivity index (χ0) is 23.3. The monoisotopic (exact) mass is 453 g/mol. The Morgan fingerprint density at radius 2 is 1.71 bits per heavy atom. The fourth-order valence-electron chi connectivity index (χ4n) is 4.03. The van der Waals surface area contributed by atoms with Crippen LogP contribution in [0.3, 0.4) is 0 Å². The number of para-hydroxylation sites is 2. The number of rotatable bonds is 6. The highest BCUT2D eigenvalue weighted by atomic mass is 16.5. The number of aromatic nitrogens is 2. The predicted molar refractivity (Wildman–Crippen MR) is 127 cm³/mol. The van der Waals surface area contributed by atoms with Gasteiger partial charge in [0.2, 0.25) is 0 Å². The molecular formula is C27H23N3O4. The Hall–Kier alpha value is -4.39. The number of hydrogen-bond donors (Lipinski definition) is 0. The van der Waals surface area contributed by atoms with Crippen molar-refractivity contribution in [2.24, 2.45) is 0 Å². The van der Waals surface area contributed by atoms with Crippen molar-refractivity contribution in [3.05, 3.63) is 114 Å². The second kappa shape index (κ2) is 9.62. The molecule has 1 aliphatic rings. The first kappa shape index (κ1) is 21.5. The van der Waals surface area contributed by atoms with Gasteiger partial charge in [-0.1, -0.05) is 54.6 Å². The summed E-state index contributed by atoms with van der Waals surface area (Å²) in [4.78, 5) is 27.6. The second-order valence-electron chi connectivity index (χ2n) is 7.95. The quantitative estimate of drug-likeness (QED) is 0.408. The number of fused-ring (bicyclic) bond motifs is 1. The van der Waals surface area contributed by atoms with E-state index in [1.165, 1.54) is 0 Å². The van der Waals surface area contributed by atoms with E-state index in [0.29, 0.717) is 30.2 Å². The number of hydrogen-bond acceptors (Lipinski definition) is 5. The molecule has 7 heteroatoms. The van der Waals surface area contributed by atoms with Gasteiger partial charge in [-0.3, -0.25) is 14.4 Å². The third-order valence-electron chi connectivity index (χ3n) is 5.71. The molecule has 0 saturated heterocycles. The first-order chi connectivity index (χ1) is 16.7. The minimum atomic E-state index is -0.545. The van der Waals surface area contributed by atoms with Gasteiger partial charge in [0.15, 0.2) is 6.61 Å². The summed E-state index contributed by atoms with van der Waals surface area (Å²) >= 11 is 0. The minimum absolute atomic E-state index is 0.312. The van der Waals surface area contributed by atoms with Crippen molar-refractivity contribution in [2.75, 3.05) is 18.1 Å². The Morgan fingerprint density at radius 3 is 2.47 bits per heavy atom. The Morgan fingerprint density at radius 1 is 0.941 bits per heavy atom. The van der Waals surface area contributed by atoms with Crippen LogP contribution in [0.4, 0.5) is 5.69 Å². The number of carbonyl (C=O) groups excluding carboxylic acids is 2. The molecule has 0 bridgehead atoms. The number of amides is 1. The topological polar surface area (TPSA) is 73.7 Å². The maximum absolute atomic E-state index is 13.3. The maximum atomic E-state index is 13.3. The van der Waals surface area contributed by atoms with Crippen LogP contribution in [0.15, 0.2) is 97.3 Å². The van der Waals surface area contributed by atoms with Crippen LogP contribution in [-0.4, -0.2) is 34.9 Å². The SMILES string of the molecule is O=C(OCC(=O)N1c2ccccc2OC[C@@H]1c1ccccc1)c1ccc(Cn2cccn2)cc1. The molecule has 170 valence electrons. The molecule has 0 fully saturated rings. The molecular weight excluding hydrogens is 430 g/mol. The number of carbonyl (C=O) groups is 2. The molecule has 1 amide bonds. The summed E-state index contributed by atoms with van der Waals surface area (Å²) < 4.78 is 13.1. The molecule has 2 heterocycles. The van der Waals surface area contributed by atoms with E-state index < -0.39 is 5.97 Å². The summed E-state index contributed by atoms with van der Waals surface area (Å²) in [7, 11) is 0. The smallest absolute Gasteiger partial charge is 0.338 e. The van der Waals surface area contributed by atoms with E-state index in [9.17, 15) is 9.59 Å². The van der Waals surface area contributed by atoms with Gasteiger partial charge >= 0.3 is 5.97 Å². The van der Waals surface area contributed by atoms with Crippen molar-refractivity contribution in [3.63, 3.8) is 0 Å². The largest absolute Gasteiger partial charge is 0.489 e. The van der Waals surface area contributed by atoms with E-state index in [1.54, 1.807) is 27.9 Å². The standard InChI is InChI=1S/C27H23N3O4/c31-26(19-34-27(32)22-13-11-20(12-14-22)17-29-16-6-15-28-29)30-23-9-4-5-10-25(23)33-18-24(30)21-7-2-1-3-8-21/h1-16,24H,17-19H2/t24-/m1/s1. The number of anilines is 1. The van der Waals surface area contributed by atoms with Gasteiger partial charge in [0.05, 0.1) is 23.8 Å². The van der Waals surface area contributed by atoms with Crippen LogP contribution in [0.2, 0.25) is 0 Å². The summed E-state index contributed by atoms with van der Waals surface area (Å²) in [6, 6.07) is 25.7.